The molecule has 0 fully saturated rings. The van der Waals surface area contributed by atoms with Gasteiger partial charge in [-0.25, -0.2) is 14.4 Å². The summed E-state index contributed by atoms with van der Waals surface area (Å²) in [6.45, 7) is 3.51. The van der Waals surface area contributed by atoms with Gasteiger partial charge in [-0.3, -0.25) is 0 Å². The zero-order valence-corrected chi connectivity index (χ0v) is 11.2. The summed E-state index contributed by atoms with van der Waals surface area (Å²) in [6.07, 6.45) is 0. The first-order valence-corrected chi connectivity index (χ1v) is 6.29. The van der Waals surface area contributed by atoms with E-state index in [-0.39, 0.29) is 5.75 Å². The highest BCUT2D eigenvalue weighted by Crippen LogP contribution is 2.31. The Morgan fingerprint density at radius 2 is 1.80 bits per heavy atom. The van der Waals surface area contributed by atoms with Gasteiger partial charge in [0.2, 0.25) is 0 Å². The lowest BCUT2D eigenvalue weighted by Gasteiger charge is -2.09. The second-order valence-electron chi connectivity index (χ2n) is 4.76. The number of rotatable bonds is 1. The molecule has 0 radical (unpaired) electrons. The van der Waals surface area contributed by atoms with Crippen LogP contribution in [0.4, 0.5) is 4.39 Å². The van der Waals surface area contributed by atoms with Crippen LogP contribution in [0.25, 0.3) is 22.2 Å². The molecule has 0 aliphatic carbocycles. The number of para-hydroxylation sites is 1. The van der Waals surface area contributed by atoms with Gasteiger partial charge >= 0.3 is 0 Å². The molecule has 3 rings (SSSR count). The zero-order chi connectivity index (χ0) is 14.3. The van der Waals surface area contributed by atoms with Crippen LogP contribution in [-0.4, -0.2) is 15.1 Å². The molecule has 1 aromatic heterocycles. The van der Waals surface area contributed by atoms with Crippen molar-refractivity contribution < 1.29 is 9.50 Å². The molecule has 20 heavy (non-hydrogen) atoms. The Morgan fingerprint density at radius 3 is 2.60 bits per heavy atom. The Labute approximate surface area is 115 Å². The molecule has 0 bridgehead atoms. The fourth-order valence-corrected chi connectivity index (χ4v) is 2.25. The molecule has 0 amide bonds. The molecule has 100 valence electrons. The third-order valence-electron chi connectivity index (χ3n) is 3.26. The number of aryl methyl sites for hydroxylation is 2. The maximum absolute atomic E-state index is 14.2. The van der Waals surface area contributed by atoms with Crippen molar-refractivity contribution in [3.63, 3.8) is 0 Å². The molecule has 4 heteroatoms. The zero-order valence-electron chi connectivity index (χ0n) is 11.2. The van der Waals surface area contributed by atoms with Crippen molar-refractivity contribution in [3.8, 4) is 17.0 Å². The lowest BCUT2D eigenvalue weighted by molar-refractivity contribution is 0.465. The third-order valence-corrected chi connectivity index (χ3v) is 3.26. The first-order chi connectivity index (χ1) is 9.56. The lowest BCUT2D eigenvalue weighted by atomic mass is 10.0. The highest BCUT2D eigenvalue weighted by Gasteiger charge is 2.14. The number of fused-ring (bicyclic) bond motifs is 1. The van der Waals surface area contributed by atoms with Crippen LogP contribution in [0, 0.1) is 19.7 Å². The summed E-state index contributed by atoms with van der Waals surface area (Å²) >= 11 is 0. The topological polar surface area (TPSA) is 46.0 Å². The summed E-state index contributed by atoms with van der Waals surface area (Å²) in [5.74, 6) is 0.0431. The second-order valence-corrected chi connectivity index (χ2v) is 4.76. The minimum Gasteiger partial charge on any atom is -0.508 e. The van der Waals surface area contributed by atoms with Crippen LogP contribution in [0.3, 0.4) is 0 Å². The van der Waals surface area contributed by atoms with E-state index in [0.29, 0.717) is 22.6 Å². The summed E-state index contributed by atoms with van der Waals surface area (Å²) in [7, 11) is 0. The maximum atomic E-state index is 14.2. The van der Waals surface area contributed by atoms with Crippen molar-refractivity contribution in [1.82, 2.24) is 9.97 Å². The number of aromatic hydroxyl groups is 1. The number of nitrogens with zero attached hydrogens (tertiary/aromatic N) is 2. The van der Waals surface area contributed by atoms with Crippen molar-refractivity contribution in [1.29, 1.82) is 0 Å². The quantitative estimate of drug-likeness (QED) is 0.731. The number of hydrogen-bond donors (Lipinski definition) is 1. The Kier molecular flexibility index (Phi) is 2.86. The van der Waals surface area contributed by atoms with Gasteiger partial charge in [-0.05, 0) is 31.5 Å². The standard InChI is InChI=1S/C16H13FN2O/c1-9-7-12(13(17)8-15(9)20)16-11-5-3-4-6-14(11)18-10(2)19-16/h3-8,20H,1-2H3. The summed E-state index contributed by atoms with van der Waals surface area (Å²) in [5.41, 5.74) is 2.32. The molecular formula is C16H13FN2O. The molecule has 0 aliphatic rings. The van der Waals surface area contributed by atoms with Crippen molar-refractivity contribution in [3.05, 3.63) is 53.6 Å². The first kappa shape index (κ1) is 12.5. The largest absolute Gasteiger partial charge is 0.508 e. The number of phenols is 1. The Bertz CT molecular complexity index is 815. The molecule has 3 nitrogen and oxygen atoms in total. The Balaban J connectivity index is 2.37. The van der Waals surface area contributed by atoms with E-state index in [2.05, 4.69) is 9.97 Å². The molecule has 0 atom stereocenters. The van der Waals surface area contributed by atoms with Gasteiger partial charge in [0.05, 0.1) is 11.2 Å². The summed E-state index contributed by atoms with van der Waals surface area (Å²) in [4.78, 5) is 8.72. The van der Waals surface area contributed by atoms with E-state index in [4.69, 9.17) is 0 Å². The number of hydrogen-bond acceptors (Lipinski definition) is 3. The second kappa shape index (κ2) is 4.56. The third kappa shape index (κ3) is 1.99. The van der Waals surface area contributed by atoms with E-state index in [1.54, 1.807) is 19.9 Å². The summed E-state index contributed by atoms with van der Waals surface area (Å²) < 4.78 is 14.2. The van der Waals surface area contributed by atoms with Gasteiger partial charge in [-0.2, -0.15) is 0 Å². The molecule has 0 saturated heterocycles. The monoisotopic (exact) mass is 268 g/mol. The SMILES string of the molecule is Cc1nc(-c2cc(C)c(O)cc2F)c2ccccc2n1. The van der Waals surface area contributed by atoms with Gasteiger partial charge in [0.25, 0.3) is 0 Å². The molecule has 0 unspecified atom stereocenters. The number of benzene rings is 2. The van der Waals surface area contributed by atoms with Gasteiger partial charge in [0.15, 0.2) is 0 Å². The van der Waals surface area contributed by atoms with Gasteiger partial charge in [-0.15, -0.1) is 0 Å². The van der Waals surface area contributed by atoms with E-state index < -0.39 is 5.82 Å². The van der Waals surface area contributed by atoms with Crippen LogP contribution < -0.4 is 0 Å². The molecule has 0 saturated carbocycles. The van der Waals surface area contributed by atoms with Crippen LogP contribution in [0.1, 0.15) is 11.4 Å². The van der Waals surface area contributed by atoms with E-state index in [0.717, 1.165) is 17.0 Å². The van der Waals surface area contributed by atoms with Crippen molar-refractivity contribution in [2.45, 2.75) is 13.8 Å². The predicted octanol–water partition coefficient (Wildman–Crippen LogP) is 3.76. The van der Waals surface area contributed by atoms with Gasteiger partial charge in [0.1, 0.15) is 17.4 Å². The van der Waals surface area contributed by atoms with Crippen LogP contribution in [0.15, 0.2) is 36.4 Å². The summed E-state index contributed by atoms with van der Waals surface area (Å²) in [6, 6.07) is 10.2. The first-order valence-electron chi connectivity index (χ1n) is 6.29. The van der Waals surface area contributed by atoms with Crippen molar-refractivity contribution in [2.24, 2.45) is 0 Å². The predicted molar refractivity (Wildman–Crippen MR) is 76.1 cm³/mol. The Hall–Kier alpha value is -2.49. The molecule has 2 aromatic carbocycles. The average Bonchev–Trinajstić information content (AvgIpc) is 2.42. The molecule has 0 spiro atoms. The highest BCUT2D eigenvalue weighted by atomic mass is 19.1. The lowest BCUT2D eigenvalue weighted by Crippen LogP contribution is -1.96. The fraction of sp³-hybridized carbons (Fsp3) is 0.125. The highest BCUT2D eigenvalue weighted by molar-refractivity contribution is 5.92. The maximum Gasteiger partial charge on any atom is 0.136 e. The Morgan fingerprint density at radius 1 is 1.05 bits per heavy atom. The van der Waals surface area contributed by atoms with Gasteiger partial charge in [-0.1, -0.05) is 18.2 Å². The van der Waals surface area contributed by atoms with E-state index in [9.17, 15) is 9.50 Å². The van der Waals surface area contributed by atoms with E-state index >= 15 is 0 Å². The van der Waals surface area contributed by atoms with Crippen molar-refractivity contribution >= 4 is 10.9 Å². The van der Waals surface area contributed by atoms with E-state index in [1.165, 1.54) is 0 Å². The molecule has 0 aliphatic heterocycles. The number of halogens is 1. The van der Waals surface area contributed by atoms with Gasteiger partial charge in [0, 0.05) is 17.0 Å². The molecular weight excluding hydrogens is 255 g/mol. The number of phenolic OH excluding ortho intramolecular Hbond substituents is 1. The molecule has 1 heterocycles. The fourth-order valence-electron chi connectivity index (χ4n) is 2.25. The number of aromatic nitrogens is 2. The van der Waals surface area contributed by atoms with E-state index in [1.807, 2.05) is 24.3 Å². The van der Waals surface area contributed by atoms with Gasteiger partial charge < -0.3 is 5.11 Å². The molecule has 3 aromatic rings. The molecule has 1 N–H and O–H groups in total. The summed E-state index contributed by atoms with van der Waals surface area (Å²) in [5, 5.41) is 10.4. The smallest absolute Gasteiger partial charge is 0.136 e. The van der Waals surface area contributed by atoms with Crippen LogP contribution in [0.2, 0.25) is 0 Å². The minimum atomic E-state index is -0.489. The average molecular weight is 268 g/mol. The van der Waals surface area contributed by atoms with Crippen LogP contribution >= 0.6 is 0 Å². The van der Waals surface area contributed by atoms with Crippen molar-refractivity contribution in [2.75, 3.05) is 0 Å². The minimum absolute atomic E-state index is 0.0543. The van der Waals surface area contributed by atoms with Crippen LogP contribution in [0.5, 0.6) is 5.75 Å². The normalized spacial score (nSPS) is 10.9. The van der Waals surface area contributed by atoms with Crippen LogP contribution in [-0.2, 0) is 0 Å².